The van der Waals surface area contributed by atoms with E-state index in [2.05, 4.69) is 30.0 Å². The first-order chi connectivity index (χ1) is 14.1. The van der Waals surface area contributed by atoms with Crippen molar-refractivity contribution < 1.29 is 17.6 Å². The molecule has 0 aliphatic heterocycles. The van der Waals surface area contributed by atoms with Crippen LogP contribution in [0.15, 0.2) is 24.7 Å². The molecule has 160 valence electrons. The highest BCUT2D eigenvalue weighted by Crippen LogP contribution is 2.28. The highest BCUT2D eigenvalue weighted by molar-refractivity contribution is 7.88. The van der Waals surface area contributed by atoms with E-state index in [4.69, 9.17) is 11.6 Å². The number of Topliss-reactive ketones (excluding diaryl/α,β-unsaturated/α-hetero) is 1. The molecule has 0 saturated carbocycles. The number of hydrogen-bond donors (Lipinski definition) is 3. The SMILES string of the molecule is C[C@H](Nc1nc(-c2c[nH]c3ncc(Cl)cc23)ncc1F)C(=O)CCCNS(C)(=O)=O. The van der Waals surface area contributed by atoms with Crippen molar-refractivity contribution in [2.24, 2.45) is 0 Å². The second-order valence-electron chi connectivity index (χ2n) is 6.74. The molecule has 30 heavy (non-hydrogen) atoms. The minimum absolute atomic E-state index is 0.112. The molecule has 3 aromatic heterocycles. The van der Waals surface area contributed by atoms with Crippen LogP contribution < -0.4 is 10.0 Å². The van der Waals surface area contributed by atoms with Gasteiger partial charge < -0.3 is 10.3 Å². The Morgan fingerprint density at radius 1 is 1.33 bits per heavy atom. The van der Waals surface area contributed by atoms with Gasteiger partial charge in [-0.2, -0.15) is 0 Å². The van der Waals surface area contributed by atoms with Crippen molar-refractivity contribution in [3.63, 3.8) is 0 Å². The summed E-state index contributed by atoms with van der Waals surface area (Å²) in [5.41, 5.74) is 1.18. The van der Waals surface area contributed by atoms with Crippen LogP contribution in [0.4, 0.5) is 10.2 Å². The van der Waals surface area contributed by atoms with Crippen molar-refractivity contribution in [2.45, 2.75) is 25.8 Å². The zero-order valence-electron chi connectivity index (χ0n) is 16.2. The van der Waals surface area contributed by atoms with E-state index in [1.807, 2.05) is 0 Å². The minimum Gasteiger partial charge on any atom is -0.358 e. The third-order valence-electron chi connectivity index (χ3n) is 4.28. The minimum atomic E-state index is -3.30. The summed E-state index contributed by atoms with van der Waals surface area (Å²) < 4.78 is 38.6. The maximum Gasteiger partial charge on any atom is 0.208 e. The molecule has 0 aliphatic rings. The Bertz CT molecular complexity index is 1180. The summed E-state index contributed by atoms with van der Waals surface area (Å²) in [5.74, 6) is -0.772. The number of nitrogens with one attached hydrogen (secondary N) is 3. The maximum atomic E-state index is 14.2. The van der Waals surface area contributed by atoms with Gasteiger partial charge in [-0.05, 0) is 19.4 Å². The zero-order valence-corrected chi connectivity index (χ0v) is 17.8. The number of aromatic amines is 1. The largest absolute Gasteiger partial charge is 0.358 e. The first-order valence-corrected chi connectivity index (χ1v) is 11.3. The van der Waals surface area contributed by atoms with E-state index in [0.29, 0.717) is 28.0 Å². The summed E-state index contributed by atoms with van der Waals surface area (Å²) in [6.07, 6.45) is 5.68. The fourth-order valence-corrected chi connectivity index (χ4v) is 3.46. The van der Waals surface area contributed by atoms with Crippen molar-refractivity contribution in [2.75, 3.05) is 18.1 Å². The summed E-state index contributed by atoms with van der Waals surface area (Å²) >= 11 is 6.01. The van der Waals surface area contributed by atoms with Crippen LogP contribution in [-0.4, -0.2) is 53.0 Å². The van der Waals surface area contributed by atoms with Gasteiger partial charge in [-0.15, -0.1) is 0 Å². The van der Waals surface area contributed by atoms with E-state index in [-0.39, 0.29) is 30.4 Å². The Kier molecular flexibility index (Phi) is 6.64. The predicted octanol–water partition coefficient (Wildman–Crippen LogP) is 2.51. The normalized spacial score (nSPS) is 12.8. The number of halogens is 2. The van der Waals surface area contributed by atoms with Gasteiger partial charge in [0.25, 0.3) is 0 Å². The van der Waals surface area contributed by atoms with E-state index >= 15 is 0 Å². The van der Waals surface area contributed by atoms with Gasteiger partial charge in [0.1, 0.15) is 5.65 Å². The number of hydrogen-bond acceptors (Lipinski definition) is 7. The lowest BCUT2D eigenvalue weighted by molar-refractivity contribution is -0.119. The molecule has 3 rings (SSSR count). The fourth-order valence-electron chi connectivity index (χ4n) is 2.78. The Balaban J connectivity index is 1.72. The molecule has 3 N–H and O–H groups in total. The number of anilines is 1. The first-order valence-electron chi connectivity index (χ1n) is 9.03. The number of sulfonamides is 1. The molecule has 3 aromatic rings. The Morgan fingerprint density at radius 2 is 2.10 bits per heavy atom. The molecule has 0 bridgehead atoms. The number of aromatic nitrogens is 4. The third kappa shape index (κ3) is 5.49. The molecular weight excluding hydrogens is 435 g/mol. The number of carbonyl (C=O) groups excluding carboxylic acids is 1. The van der Waals surface area contributed by atoms with Gasteiger partial charge in [-0.25, -0.2) is 32.5 Å². The third-order valence-corrected chi connectivity index (χ3v) is 5.22. The van der Waals surface area contributed by atoms with Gasteiger partial charge in [0, 0.05) is 36.3 Å². The van der Waals surface area contributed by atoms with Gasteiger partial charge >= 0.3 is 0 Å². The molecule has 0 aliphatic carbocycles. The van der Waals surface area contributed by atoms with Crippen LogP contribution in [0.3, 0.4) is 0 Å². The molecule has 12 heteroatoms. The Labute approximate surface area is 177 Å². The van der Waals surface area contributed by atoms with E-state index in [1.54, 1.807) is 19.2 Å². The number of H-pyrrole nitrogens is 1. The van der Waals surface area contributed by atoms with Gasteiger partial charge in [0.05, 0.1) is 23.5 Å². The average molecular weight is 455 g/mol. The van der Waals surface area contributed by atoms with Crippen molar-refractivity contribution in [3.8, 4) is 11.4 Å². The fraction of sp³-hybridized carbons (Fsp3) is 0.333. The Hall–Kier alpha value is -2.63. The number of fused-ring (bicyclic) bond motifs is 1. The second kappa shape index (κ2) is 9.02. The number of ketones is 1. The van der Waals surface area contributed by atoms with Gasteiger partial charge in [-0.1, -0.05) is 11.6 Å². The highest BCUT2D eigenvalue weighted by atomic mass is 35.5. The van der Waals surface area contributed by atoms with Crippen molar-refractivity contribution >= 4 is 44.3 Å². The lowest BCUT2D eigenvalue weighted by Crippen LogP contribution is -2.29. The van der Waals surface area contributed by atoms with Gasteiger partial charge in [-0.3, -0.25) is 4.79 Å². The summed E-state index contributed by atoms with van der Waals surface area (Å²) in [6.45, 7) is 1.74. The summed E-state index contributed by atoms with van der Waals surface area (Å²) in [6, 6.07) is 0.978. The van der Waals surface area contributed by atoms with Crippen LogP contribution in [0.2, 0.25) is 5.02 Å². The molecule has 0 spiro atoms. The van der Waals surface area contributed by atoms with E-state index in [9.17, 15) is 17.6 Å². The molecule has 9 nitrogen and oxygen atoms in total. The lowest BCUT2D eigenvalue weighted by atomic mass is 10.1. The summed E-state index contributed by atoms with van der Waals surface area (Å²) in [7, 11) is -3.30. The van der Waals surface area contributed by atoms with E-state index in [0.717, 1.165) is 12.5 Å². The van der Waals surface area contributed by atoms with Crippen molar-refractivity contribution in [1.29, 1.82) is 0 Å². The average Bonchev–Trinajstić information content (AvgIpc) is 3.09. The molecule has 0 amide bonds. The maximum absolute atomic E-state index is 14.2. The van der Waals surface area contributed by atoms with E-state index in [1.165, 1.54) is 6.20 Å². The Morgan fingerprint density at radius 3 is 2.83 bits per heavy atom. The molecule has 0 radical (unpaired) electrons. The molecular formula is C18H20ClFN6O3S. The van der Waals surface area contributed by atoms with Crippen LogP contribution in [-0.2, 0) is 14.8 Å². The second-order valence-corrected chi connectivity index (χ2v) is 9.01. The van der Waals surface area contributed by atoms with Gasteiger partial charge in [0.15, 0.2) is 23.2 Å². The van der Waals surface area contributed by atoms with Crippen LogP contribution in [0.1, 0.15) is 19.8 Å². The van der Waals surface area contributed by atoms with Crippen molar-refractivity contribution in [1.82, 2.24) is 24.7 Å². The summed E-state index contributed by atoms with van der Waals surface area (Å²) in [5, 5.41) is 3.88. The van der Waals surface area contributed by atoms with Crippen LogP contribution in [0.25, 0.3) is 22.4 Å². The van der Waals surface area contributed by atoms with Crippen LogP contribution >= 0.6 is 11.6 Å². The lowest BCUT2D eigenvalue weighted by Gasteiger charge is -2.14. The first kappa shape index (κ1) is 22.1. The monoisotopic (exact) mass is 454 g/mol. The summed E-state index contributed by atoms with van der Waals surface area (Å²) in [4.78, 5) is 27.7. The quantitative estimate of drug-likeness (QED) is 0.423. The number of carbonyl (C=O) groups is 1. The highest BCUT2D eigenvalue weighted by Gasteiger charge is 2.18. The smallest absolute Gasteiger partial charge is 0.208 e. The number of nitrogens with zero attached hydrogens (tertiary/aromatic N) is 3. The topological polar surface area (TPSA) is 130 Å². The zero-order chi connectivity index (χ0) is 21.9. The van der Waals surface area contributed by atoms with E-state index < -0.39 is 21.9 Å². The standard InChI is InChI=1S/C18H20ClFN6O3S/c1-10(15(27)4-3-5-24-30(2,28)29)25-18-14(20)9-23-17(26-18)13-8-22-16-12(13)6-11(19)7-21-16/h6-10,24H,3-5H2,1-2H3,(H,21,22)(H,23,25,26)/t10-/m0/s1. The molecule has 0 unspecified atom stereocenters. The number of pyridine rings is 1. The number of rotatable bonds is 9. The molecule has 0 saturated heterocycles. The van der Waals surface area contributed by atoms with Crippen molar-refractivity contribution in [3.05, 3.63) is 35.5 Å². The molecule has 3 heterocycles. The van der Waals surface area contributed by atoms with Crippen LogP contribution in [0.5, 0.6) is 0 Å². The predicted molar refractivity (Wildman–Crippen MR) is 112 cm³/mol. The van der Waals surface area contributed by atoms with Gasteiger partial charge in [0.2, 0.25) is 10.0 Å². The molecule has 1 atom stereocenters. The molecule has 0 aromatic carbocycles. The van der Waals surface area contributed by atoms with Crippen LogP contribution in [0, 0.1) is 5.82 Å². The molecule has 0 fully saturated rings.